The van der Waals surface area contributed by atoms with E-state index in [1.807, 2.05) is 0 Å². The number of carboxylic acids is 1. The summed E-state index contributed by atoms with van der Waals surface area (Å²) in [6, 6.07) is 4.53. The average Bonchev–Trinajstić information content (AvgIpc) is 2.13. The lowest BCUT2D eigenvalue weighted by atomic mass is 9.90. The Morgan fingerprint density at radius 3 is 2.35 bits per heavy atom. The van der Waals surface area contributed by atoms with E-state index in [0.29, 0.717) is 5.56 Å². The van der Waals surface area contributed by atoms with Crippen LogP contribution in [0.25, 0.3) is 0 Å². The van der Waals surface area contributed by atoms with Gasteiger partial charge in [0.05, 0.1) is 12.3 Å². The first-order valence-corrected chi connectivity index (χ1v) is 5.07. The number of carboxylic acid groups (broad SMARTS) is 1. The summed E-state index contributed by atoms with van der Waals surface area (Å²) in [5.74, 6) is -3.40. The van der Waals surface area contributed by atoms with Gasteiger partial charge in [-0.15, -0.1) is 0 Å². The number of carbonyl (C=O) groups is 1. The van der Waals surface area contributed by atoms with E-state index in [0.717, 1.165) is 5.56 Å². The SMILES string of the molecule is Cc1ccc(C(CC(=O)O)C(F)(F)F)c(C)c1. The van der Waals surface area contributed by atoms with Crippen LogP contribution in [0.15, 0.2) is 18.2 Å². The van der Waals surface area contributed by atoms with Gasteiger partial charge < -0.3 is 5.11 Å². The van der Waals surface area contributed by atoms with Crippen LogP contribution in [0, 0.1) is 13.8 Å². The second-order valence-corrected chi connectivity index (χ2v) is 4.05. The predicted octanol–water partition coefficient (Wildman–Crippen LogP) is 3.42. The van der Waals surface area contributed by atoms with Crippen LogP contribution < -0.4 is 0 Å². The summed E-state index contributed by atoms with van der Waals surface area (Å²) in [5, 5.41) is 8.55. The Labute approximate surface area is 97.1 Å². The number of aliphatic carboxylic acids is 1. The Morgan fingerprint density at radius 2 is 1.94 bits per heavy atom. The summed E-state index contributed by atoms with van der Waals surface area (Å²) in [6.45, 7) is 3.33. The van der Waals surface area contributed by atoms with Gasteiger partial charge in [-0.05, 0) is 25.0 Å². The molecule has 0 saturated carbocycles. The molecule has 1 unspecified atom stereocenters. The number of alkyl halides is 3. The van der Waals surface area contributed by atoms with Crippen molar-refractivity contribution in [2.24, 2.45) is 0 Å². The normalized spacial score (nSPS) is 13.5. The molecule has 0 aromatic heterocycles. The van der Waals surface area contributed by atoms with Crippen molar-refractivity contribution < 1.29 is 23.1 Å². The maximum Gasteiger partial charge on any atom is 0.396 e. The zero-order valence-corrected chi connectivity index (χ0v) is 9.51. The van der Waals surface area contributed by atoms with Crippen LogP contribution in [0.2, 0.25) is 0 Å². The number of halogens is 3. The van der Waals surface area contributed by atoms with E-state index < -0.39 is 24.5 Å². The van der Waals surface area contributed by atoms with Crippen molar-refractivity contribution in [3.8, 4) is 0 Å². The minimum atomic E-state index is -4.54. The summed E-state index contributed by atoms with van der Waals surface area (Å²) >= 11 is 0. The fourth-order valence-electron chi connectivity index (χ4n) is 1.79. The predicted molar refractivity (Wildman–Crippen MR) is 57.0 cm³/mol. The Bertz CT molecular complexity index is 424. The van der Waals surface area contributed by atoms with Crippen LogP contribution in [0.1, 0.15) is 29.0 Å². The van der Waals surface area contributed by atoms with E-state index in [-0.39, 0.29) is 5.56 Å². The highest BCUT2D eigenvalue weighted by atomic mass is 19.4. The standard InChI is InChI=1S/C12H13F3O2/c1-7-3-4-9(8(2)5-7)10(6-11(16)17)12(13,14)15/h3-5,10H,6H2,1-2H3,(H,16,17). The smallest absolute Gasteiger partial charge is 0.396 e. The minimum absolute atomic E-state index is 0.0329. The molecule has 0 fully saturated rings. The van der Waals surface area contributed by atoms with Crippen molar-refractivity contribution in [3.63, 3.8) is 0 Å². The first kappa shape index (κ1) is 13.5. The highest BCUT2D eigenvalue weighted by molar-refractivity contribution is 5.68. The third-order valence-electron chi connectivity index (χ3n) is 2.57. The van der Waals surface area contributed by atoms with Gasteiger partial charge in [-0.25, -0.2) is 0 Å². The second kappa shape index (κ2) is 4.77. The maximum atomic E-state index is 12.8. The molecule has 0 aliphatic rings. The van der Waals surface area contributed by atoms with E-state index in [2.05, 4.69) is 0 Å². The van der Waals surface area contributed by atoms with Crippen molar-refractivity contribution in [2.75, 3.05) is 0 Å². The molecule has 0 radical (unpaired) electrons. The van der Waals surface area contributed by atoms with Crippen LogP contribution >= 0.6 is 0 Å². The van der Waals surface area contributed by atoms with Crippen molar-refractivity contribution in [1.29, 1.82) is 0 Å². The van der Waals surface area contributed by atoms with Gasteiger partial charge in [-0.1, -0.05) is 23.8 Å². The largest absolute Gasteiger partial charge is 0.481 e. The van der Waals surface area contributed by atoms with Gasteiger partial charge in [0, 0.05) is 0 Å². The zero-order chi connectivity index (χ0) is 13.2. The molecule has 17 heavy (non-hydrogen) atoms. The minimum Gasteiger partial charge on any atom is -0.481 e. The second-order valence-electron chi connectivity index (χ2n) is 4.05. The molecule has 1 aromatic rings. The first-order chi connectivity index (χ1) is 7.71. The van der Waals surface area contributed by atoms with Crippen molar-refractivity contribution >= 4 is 5.97 Å². The van der Waals surface area contributed by atoms with Crippen molar-refractivity contribution in [3.05, 3.63) is 34.9 Å². The van der Waals surface area contributed by atoms with Crippen molar-refractivity contribution in [1.82, 2.24) is 0 Å². The molecule has 1 N–H and O–H groups in total. The summed E-state index contributed by atoms with van der Waals surface area (Å²) in [6.07, 6.45) is -5.48. The number of aryl methyl sites for hydroxylation is 2. The summed E-state index contributed by atoms with van der Waals surface area (Å²) in [7, 11) is 0. The number of benzene rings is 1. The van der Waals surface area contributed by atoms with Crippen LogP contribution in [-0.2, 0) is 4.79 Å². The molecule has 1 rings (SSSR count). The highest BCUT2D eigenvalue weighted by Gasteiger charge is 2.42. The van der Waals surface area contributed by atoms with Crippen LogP contribution in [0.5, 0.6) is 0 Å². The lowest BCUT2D eigenvalue weighted by Crippen LogP contribution is -2.24. The molecule has 0 saturated heterocycles. The van der Waals surface area contributed by atoms with Gasteiger partial charge in [0.1, 0.15) is 0 Å². The maximum absolute atomic E-state index is 12.8. The molecule has 1 aromatic carbocycles. The Morgan fingerprint density at radius 1 is 1.35 bits per heavy atom. The fraction of sp³-hybridized carbons (Fsp3) is 0.417. The molecule has 0 amide bonds. The van der Waals surface area contributed by atoms with Crippen molar-refractivity contribution in [2.45, 2.75) is 32.4 Å². The summed E-state index contributed by atoms with van der Waals surface area (Å²) < 4.78 is 38.3. The van der Waals surface area contributed by atoms with Crippen LogP contribution in [0.4, 0.5) is 13.2 Å². The van der Waals surface area contributed by atoms with Gasteiger partial charge in [0.15, 0.2) is 0 Å². The monoisotopic (exact) mass is 246 g/mol. The molecular formula is C12H13F3O2. The molecule has 0 heterocycles. The van der Waals surface area contributed by atoms with E-state index in [1.165, 1.54) is 6.07 Å². The topological polar surface area (TPSA) is 37.3 Å². The van der Waals surface area contributed by atoms with Gasteiger partial charge in [0.2, 0.25) is 0 Å². The molecular weight excluding hydrogens is 233 g/mol. The quantitative estimate of drug-likeness (QED) is 0.887. The molecule has 0 bridgehead atoms. The number of rotatable bonds is 3. The van der Waals surface area contributed by atoms with E-state index >= 15 is 0 Å². The first-order valence-electron chi connectivity index (χ1n) is 5.07. The van der Waals surface area contributed by atoms with Gasteiger partial charge in [-0.3, -0.25) is 4.79 Å². The molecule has 0 aliphatic carbocycles. The Hall–Kier alpha value is -1.52. The van der Waals surface area contributed by atoms with Gasteiger partial charge in [0.25, 0.3) is 0 Å². The van der Waals surface area contributed by atoms with Crippen LogP contribution in [-0.4, -0.2) is 17.3 Å². The highest BCUT2D eigenvalue weighted by Crippen LogP contribution is 2.38. The summed E-state index contributed by atoms with van der Waals surface area (Å²) in [4.78, 5) is 10.5. The molecule has 2 nitrogen and oxygen atoms in total. The third kappa shape index (κ3) is 3.47. The Balaban J connectivity index is 3.17. The number of hydrogen-bond acceptors (Lipinski definition) is 1. The zero-order valence-electron chi connectivity index (χ0n) is 9.51. The third-order valence-corrected chi connectivity index (χ3v) is 2.57. The molecule has 1 atom stereocenters. The van der Waals surface area contributed by atoms with Gasteiger partial charge in [-0.2, -0.15) is 13.2 Å². The lowest BCUT2D eigenvalue weighted by Gasteiger charge is -2.21. The van der Waals surface area contributed by atoms with E-state index in [9.17, 15) is 18.0 Å². The molecule has 0 spiro atoms. The average molecular weight is 246 g/mol. The molecule has 0 aliphatic heterocycles. The molecule has 94 valence electrons. The fourth-order valence-corrected chi connectivity index (χ4v) is 1.79. The van der Waals surface area contributed by atoms with Gasteiger partial charge >= 0.3 is 12.1 Å². The lowest BCUT2D eigenvalue weighted by molar-refractivity contribution is -0.163. The van der Waals surface area contributed by atoms with Crippen LogP contribution in [0.3, 0.4) is 0 Å². The molecule has 5 heteroatoms. The summed E-state index contributed by atoms with van der Waals surface area (Å²) in [5.41, 5.74) is 1.35. The van der Waals surface area contributed by atoms with E-state index in [1.54, 1.807) is 26.0 Å². The van der Waals surface area contributed by atoms with E-state index in [4.69, 9.17) is 5.11 Å². The Kier molecular flexibility index (Phi) is 3.80. The number of hydrogen-bond donors (Lipinski definition) is 1.